The van der Waals surface area contributed by atoms with E-state index in [9.17, 15) is 0 Å². The monoisotopic (exact) mass is 243 g/mol. The van der Waals surface area contributed by atoms with Gasteiger partial charge in [0.1, 0.15) is 5.75 Å². The minimum Gasteiger partial charge on any atom is -0.497 e. The van der Waals surface area contributed by atoms with Crippen molar-refractivity contribution in [2.75, 3.05) is 18.2 Å². The van der Waals surface area contributed by atoms with Gasteiger partial charge in [0, 0.05) is 11.8 Å². The molecule has 0 saturated heterocycles. The molecule has 4 heteroatoms. The largest absolute Gasteiger partial charge is 0.497 e. The van der Waals surface area contributed by atoms with Crippen LogP contribution in [0.2, 0.25) is 0 Å². The number of nitrogen functional groups attached to an aromatic ring is 1. The second-order valence-corrected chi connectivity index (χ2v) is 4.08. The fraction of sp³-hybridized carbons (Fsp3) is 0.214. The molecule has 4 nitrogen and oxygen atoms in total. The smallest absolute Gasteiger partial charge is 0.121 e. The zero-order valence-electron chi connectivity index (χ0n) is 10.6. The lowest BCUT2D eigenvalue weighted by molar-refractivity contribution is 0.415. The van der Waals surface area contributed by atoms with E-state index >= 15 is 0 Å². The predicted octanol–water partition coefficient (Wildman–Crippen LogP) is 2.59. The first kappa shape index (κ1) is 12.2. The lowest BCUT2D eigenvalue weighted by Crippen LogP contribution is -2.04. The molecule has 0 bridgehead atoms. The Bertz CT molecular complexity index is 540. The van der Waals surface area contributed by atoms with E-state index in [-0.39, 0.29) is 0 Å². The van der Waals surface area contributed by atoms with Crippen molar-refractivity contribution in [3.8, 4) is 5.75 Å². The molecule has 0 aliphatic rings. The number of pyridine rings is 1. The number of methoxy groups -OCH3 is 1. The summed E-state index contributed by atoms with van der Waals surface area (Å²) < 4.78 is 5.17. The van der Waals surface area contributed by atoms with E-state index in [0.29, 0.717) is 12.2 Å². The van der Waals surface area contributed by atoms with Crippen LogP contribution in [0, 0.1) is 6.92 Å². The lowest BCUT2D eigenvalue weighted by Gasteiger charge is -2.10. The average molecular weight is 243 g/mol. The minimum atomic E-state index is 0.638. The Morgan fingerprint density at radius 1 is 1.28 bits per heavy atom. The molecule has 0 aliphatic carbocycles. The first-order valence-corrected chi connectivity index (χ1v) is 5.79. The highest BCUT2D eigenvalue weighted by atomic mass is 16.5. The number of ether oxygens (including phenoxy) is 1. The van der Waals surface area contributed by atoms with Gasteiger partial charge in [-0.1, -0.05) is 6.07 Å². The molecule has 1 heterocycles. The van der Waals surface area contributed by atoms with Gasteiger partial charge in [0.2, 0.25) is 0 Å². The highest BCUT2D eigenvalue weighted by Gasteiger charge is 2.02. The summed E-state index contributed by atoms with van der Waals surface area (Å²) in [4.78, 5) is 4.43. The summed E-state index contributed by atoms with van der Waals surface area (Å²) in [7, 11) is 1.64. The molecule has 2 rings (SSSR count). The van der Waals surface area contributed by atoms with Crippen molar-refractivity contribution in [3.63, 3.8) is 0 Å². The van der Waals surface area contributed by atoms with Crippen molar-refractivity contribution in [2.45, 2.75) is 13.5 Å². The van der Waals surface area contributed by atoms with Crippen LogP contribution in [0.15, 0.2) is 36.4 Å². The summed E-state index contributed by atoms with van der Waals surface area (Å²) in [6.45, 7) is 2.61. The molecule has 18 heavy (non-hydrogen) atoms. The van der Waals surface area contributed by atoms with E-state index in [1.807, 2.05) is 43.3 Å². The molecule has 2 aromatic rings. The summed E-state index contributed by atoms with van der Waals surface area (Å²) in [5, 5.41) is 3.26. The van der Waals surface area contributed by atoms with E-state index in [2.05, 4.69) is 10.3 Å². The molecule has 0 amide bonds. The van der Waals surface area contributed by atoms with Crippen molar-refractivity contribution < 1.29 is 4.74 Å². The maximum absolute atomic E-state index is 5.90. The van der Waals surface area contributed by atoms with Crippen LogP contribution in [0.3, 0.4) is 0 Å². The van der Waals surface area contributed by atoms with Gasteiger partial charge in [-0.25, -0.2) is 0 Å². The van der Waals surface area contributed by atoms with E-state index in [1.54, 1.807) is 7.11 Å². The number of nitrogens with zero attached hydrogens (tertiary/aromatic N) is 1. The maximum Gasteiger partial charge on any atom is 0.121 e. The van der Waals surface area contributed by atoms with Gasteiger partial charge < -0.3 is 15.8 Å². The van der Waals surface area contributed by atoms with E-state index in [1.165, 1.54) is 0 Å². The van der Waals surface area contributed by atoms with Crippen molar-refractivity contribution in [1.82, 2.24) is 4.98 Å². The number of nitrogens with two attached hydrogens (primary N) is 1. The van der Waals surface area contributed by atoms with Crippen LogP contribution < -0.4 is 15.8 Å². The molecule has 0 saturated carbocycles. The third kappa shape index (κ3) is 2.91. The summed E-state index contributed by atoms with van der Waals surface area (Å²) >= 11 is 0. The normalized spacial score (nSPS) is 10.1. The van der Waals surface area contributed by atoms with Crippen LogP contribution in [-0.2, 0) is 6.54 Å². The molecule has 0 unspecified atom stereocenters. The second kappa shape index (κ2) is 5.40. The number of benzene rings is 1. The zero-order chi connectivity index (χ0) is 13.0. The van der Waals surface area contributed by atoms with E-state index in [0.717, 1.165) is 22.8 Å². The van der Waals surface area contributed by atoms with Crippen molar-refractivity contribution >= 4 is 11.4 Å². The van der Waals surface area contributed by atoms with E-state index in [4.69, 9.17) is 10.5 Å². The van der Waals surface area contributed by atoms with Crippen LogP contribution in [0.25, 0.3) is 0 Å². The van der Waals surface area contributed by atoms with Crippen molar-refractivity contribution in [3.05, 3.63) is 47.8 Å². The molecule has 0 atom stereocenters. The van der Waals surface area contributed by atoms with Gasteiger partial charge in [-0.2, -0.15) is 0 Å². The molecule has 3 N–H and O–H groups in total. The highest BCUT2D eigenvalue weighted by molar-refractivity contribution is 5.68. The number of hydrogen-bond acceptors (Lipinski definition) is 4. The maximum atomic E-state index is 5.90. The van der Waals surface area contributed by atoms with Crippen molar-refractivity contribution in [2.24, 2.45) is 0 Å². The van der Waals surface area contributed by atoms with Gasteiger partial charge in [-0.15, -0.1) is 0 Å². The Morgan fingerprint density at radius 3 is 2.83 bits per heavy atom. The van der Waals surface area contributed by atoms with E-state index < -0.39 is 0 Å². The Balaban J connectivity index is 2.10. The van der Waals surface area contributed by atoms with Gasteiger partial charge in [0.05, 0.1) is 30.7 Å². The Kier molecular flexibility index (Phi) is 3.67. The number of anilines is 2. The number of aryl methyl sites for hydroxylation is 1. The Labute approximate surface area is 107 Å². The van der Waals surface area contributed by atoms with Gasteiger partial charge in [0.15, 0.2) is 0 Å². The zero-order valence-corrected chi connectivity index (χ0v) is 10.6. The molecular formula is C14H17N3O. The van der Waals surface area contributed by atoms with Gasteiger partial charge in [-0.3, -0.25) is 4.98 Å². The predicted molar refractivity (Wildman–Crippen MR) is 73.7 cm³/mol. The summed E-state index contributed by atoms with van der Waals surface area (Å²) in [6, 6.07) is 11.5. The number of hydrogen-bond donors (Lipinski definition) is 2. The van der Waals surface area contributed by atoms with Gasteiger partial charge in [-0.05, 0) is 31.2 Å². The Hall–Kier alpha value is -2.23. The first-order chi connectivity index (χ1) is 8.69. The molecule has 0 fully saturated rings. The fourth-order valence-electron chi connectivity index (χ4n) is 1.70. The fourth-order valence-corrected chi connectivity index (χ4v) is 1.70. The topological polar surface area (TPSA) is 60.2 Å². The average Bonchev–Trinajstić information content (AvgIpc) is 2.38. The molecule has 94 valence electrons. The third-order valence-corrected chi connectivity index (χ3v) is 2.67. The lowest BCUT2D eigenvalue weighted by atomic mass is 10.2. The quantitative estimate of drug-likeness (QED) is 0.810. The van der Waals surface area contributed by atoms with Crippen LogP contribution in [0.1, 0.15) is 11.4 Å². The number of aromatic nitrogens is 1. The second-order valence-electron chi connectivity index (χ2n) is 4.08. The number of rotatable bonds is 4. The van der Waals surface area contributed by atoms with Gasteiger partial charge >= 0.3 is 0 Å². The summed E-state index contributed by atoms with van der Waals surface area (Å²) in [5.41, 5.74) is 9.45. The molecule has 0 spiro atoms. The van der Waals surface area contributed by atoms with Crippen LogP contribution >= 0.6 is 0 Å². The molecule has 0 aliphatic heterocycles. The molecule has 1 aromatic carbocycles. The standard InChI is InChI=1S/C14H17N3O/c1-10-4-3-5-11(17-10)9-16-14-8-12(18-2)6-7-13(14)15/h3-8,16H,9,15H2,1-2H3. The molecular weight excluding hydrogens is 226 g/mol. The molecule has 0 radical (unpaired) electrons. The number of nitrogens with one attached hydrogen (secondary N) is 1. The highest BCUT2D eigenvalue weighted by Crippen LogP contribution is 2.24. The summed E-state index contributed by atoms with van der Waals surface area (Å²) in [5.74, 6) is 0.781. The molecule has 1 aromatic heterocycles. The minimum absolute atomic E-state index is 0.638. The third-order valence-electron chi connectivity index (χ3n) is 2.67. The first-order valence-electron chi connectivity index (χ1n) is 5.79. The van der Waals surface area contributed by atoms with Crippen LogP contribution in [0.4, 0.5) is 11.4 Å². The van der Waals surface area contributed by atoms with Crippen LogP contribution in [0.5, 0.6) is 5.75 Å². The Morgan fingerprint density at radius 2 is 2.11 bits per heavy atom. The van der Waals surface area contributed by atoms with Crippen molar-refractivity contribution in [1.29, 1.82) is 0 Å². The SMILES string of the molecule is COc1ccc(N)c(NCc2cccc(C)n2)c1. The summed E-state index contributed by atoms with van der Waals surface area (Å²) in [6.07, 6.45) is 0. The van der Waals surface area contributed by atoms with Gasteiger partial charge in [0.25, 0.3) is 0 Å². The van der Waals surface area contributed by atoms with Crippen LogP contribution in [-0.4, -0.2) is 12.1 Å².